The molecule has 2 N–H and O–H groups in total. The summed E-state index contributed by atoms with van der Waals surface area (Å²) >= 11 is 3.44. The molecule has 2 rings (SSSR count). The van der Waals surface area contributed by atoms with Crippen LogP contribution in [0.15, 0.2) is 34.9 Å². The highest BCUT2D eigenvalue weighted by Crippen LogP contribution is 2.23. The Morgan fingerprint density at radius 1 is 1.25 bits per heavy atom. The molecule has 0 aliphatic rings. The molecule has 3 heteroatoms. The number of rotatable bonds is 0. The lowest BCUT2D eigenvalue weighted by Crippen LogP contribution is -1.85. The van der Waals surface area contributed by atoms with Gasteiger partial charge in [0.05, 0.1) is 5.52 Å². The molecule has 0 aliphatic carbocycles. The van der Waals surface area contributed by atoms with Crippen molar-refractivity contribution in [1.82, 2.24) is 4.98 Å². The third-order valence-electron chi connectivity index (χ3n) is 1.71. The summed E-state index contributed by atoms with van der Waals surface area (Å²) in [6.07, 6.45) is 1.76. The van der Waals surface area contributed by atoms with Gasteiger partial charge in [-0.2, -0.15) is 0 Å². The third kappa shape index (κ3) is 1.16. The Kier molecular flexibility index (Phi) is 1.73. The maximum absolute atomic E-state index is 5.62. The van der Waals surface area contributed by atoms with Crippen LogP contribution in [0.3, 0.4) is 0 Å². The maximum atomic E-state index is 5.62. The molecule has 2 aromatic rings. The zero-order valence-corrected chi connectivity index (χ0v) is 7.88. The minimum atomic E-state index is 0.744. The fourth-order valence-electron chi connectivity index (χ4n) is 1.13. The number of benzene rings is 1. The van der Waals surface area contributed by atoms with Crippen molar-refractivity contribution in [2.45, 2.75) is 0 Å². The van der Waals surface area contributed by atoms with Gasteiger partial charge in [-0.05, 0) is 24.3 Å². The van der Waals surface area contributed by atoms with Gasteiger partial charge in [0.1, 0.15) is 0 Å². The fourth-order valence-corrected chi connectivity index (χ4v) is 1.58. The molecular formula is C9H7BrN2. The minimum absolute atomic E-state index is 0.744. The second-order valence-corrected chi connectivity index (χ2v) is 3.42. The molecule has 0 radical (unpaired) electrons. The van der Waals surface area contributed by atoms with E-state index in [0.717, 1.165) is 21.1 Å². The Bertz CT molecular complexity index is 426. The molecule has 0 amide bonds. The van der Waals surface area contributed by atoms with Crippen molar-refractivity contribution in [2.24, 2.45) is 0 Å². The van der Waals surface area contributed by atoms with Gasteiger partial charge in [0.25, 0.3) is 0 Å². The van der Waals surface area contributed by atoms with Crippen molar-refractivity contribution < 1.29 is 0 Å². The number of fused-ring (bicyclic) bond motifs is 1. The molecule has 0 aliphatic heterocycles. The average molecular weight is 223 g/mol. The van der Waals surface area contributed by atoms with Crippen LogP contribution in [0, 0.1) is 0 Å². The number of hydrogen-bond donors (Lipinski definition) is 1. The van der Waals surface area contributed by atoms with Gasteiger partial charge in [0.2, 0.25) is 0 Å². The molecule has 60 valence electrons. The number of pyridine rings is 1. The van der Waals surface area contributed by atoms with E-state index in [0.29, 0.717) is 0 Å². The summed E-state index contributed by atoms with van der Waals surface area (Å²) in [6.45, 7) is 0. The Morgan fingerprint density at radius 3 is 2.92 bits per heavy atom. The molecule has 2 nitrogen and oxygen atoms in total. The van der Waals surface area contributed by atoms with Gasteiger partial charge in [0.15, 0.2) is 0 Å². The van der Waals surface area contributed by atoms with Crippen molar-refractivity contribution in [3.05, 3.63) is 34.9 Å². The predicted octanol–water partition coefficient (Wildman–Crippen LogP) is 2.58. The fraction of sp³-hybridized carbons (Fsp3) is 0. The number of hydrogen-bond acceptors (Lipinski definition) is 2. The van der Waals surface area contributed by atoms with Crippen LogP contribution in [0.1, 0.15) is 0 Å². The molecule has 0 atom stereocenters. The van der Waals surface area contributed by atoms with Crippen molar-refractivity contribution in [3.63, 3.8) is 0 Å². The standard InChI is InChI=1S/C9H7BrN2/c10-8-3-4-12-9-5-6(11)1-2-7(8)9/h1-5H,11H2. The van der Waals surface area contributed by atoms with Gasteiger partial charge in [0, 0.05) is 21.7 Å². The molecule has 0 bridgehead atoms. The van der Waals surface area contributed by atoms with Gasteiger partial charge in [-0.3, -0.25) is 4.98 Å². The Morgan fingerprint density at radius 2 is 2.08 bits per heavy atom. The Balaban J connectivity index is 2.86. The predicted molar refractivity (Wildman–Crippen MR) is 53.9 cm³/mol. The zero-order valence-electron chi connectivity index (χ0n) is 6.29. The summed E-state index contributed by atoms with van der Waals surface area (Å²) in [4.78, 5) is 4.19. The van der Waals surface area contributed by atoms with E-state index in [4.69, 9.17) is 5.73 Å². The number of halogens is 1. The first-order chi connectivity index (χ1) is 5.77. The van der Waals surface area contributed by atoms with E-state index in [9.17, 15) is 0 Å². The molecule has 1 heterocycles. The molecule has 0 saturated carbocycles. The normalized spacial score (nSPS) is 10.4. The number of nitrogen functional groups attached to an aromatic ring is 1. The first-order valence-electron chi connectivity index (χ1n) is 3.57. The molecule has 1 aromatic carbocycles. The van der Waals surface area contributed by atoms with Gasteiger partial charge < -0.3 is 5.73 Å². The smallest absolute Gasteiger partial charge is 0.0733 e. The Labute approximate surface area is 78.5 Å². The highest BCUT2D eigenvalue weighted by Gasteiger charge is 1.97. The quantitative estimate of drug-likeness (QED) is 0.697. The zero-order chi connectivity index (χ0) is 8.55. The van der Waals surface area contributed by atoms with Crippen LogP contribution >= 0.6 is 15.9 Å². The van der Waals surface area contributed by atoms with Crippen molar-refractivity contribution in [1.29, 1.82) is 0 Å². The van der Waals surface area contributed by atoms with Crippen molar-refractivity contribution in [3.8, 4) is 0 Å². The summed E-state index contributed by atoms with van der Waals surface area (Å²) in [5.74, 6) is 0. The van der Waals surface area contributed by atoms with Crippen LogP contribution in [0.2, 0.25) is 0 Å². The monoisotopic (exact) mass is 222 g/mol. The van der Waals surface area contributed by atoms with Crippen LogP contribution in [-0.2, 0) is 0 Å². The van der Waals surface area contributed by atoms with Gasteiger partial charge in [-0.25, -0.2) is 0 Å². The van der Waals surface area contributed by atoms with E-state index in [-0.39, 0.29) is 0 Å². The molecule has 1 aromatic heterocycles. The summed E-state index contributed by atoms with van der Waals surface area (Å²) < 4.78 is 1.05. The van der Waals surface area contributed by atoms with Gasteiger partial charge in [-0.15, -0.1) is 0 Å². The second kappa shape index (κ2) is 2.75. The van der Waals surface area contributed by atoms with E-state index in [1.54, 1.807) is 6.20 Å². The number of nitrogens with zero attached hydrogens (tertiary/aromatic N) is 1. The lowest BCUT2D eigenvalue weighted by molar-refractivity contribution is 1.40. The highest BCUT2D eigenvalue weighted by molar-refractivity contribution is 9.10. The lowest BCUT2D eigenvalue weighted by atomic mass is 10.2. The van der Waals surface area contributed by atoms with Crippen molar-refractivity contribution >= 4 is 32.5 Å². The first-order valence-corrected chi connectivity index (χ1v) is 4.36. The SMILES string of the molecule is Nc1ccc2c(Br)ccnc2c1. The van der Waals surface area contributed by atoms with Crippen LogP contribution < -0.4 is 5.73 Å². The third-order valence-corrected chi connectivity index (χ3v) is 2.41. The molecule has 0 fully saturated rings. The lowest BCUT2D eigenvalue weighted by Gasteiger charge is -1.99. The van der Waals surface area contributed by atoms with Crippen LogP contribution in [0.4, 0.5) is 5.69 Å². The topological polar surface area (TPSA) is 38.9 Å². The van der Waals surface area contributed by atoms with Gasteiger partial charge >= 0.3 is 0 Å². The maximum Gasteiger partial charge on any atom is 0.0733 e. The second-order valence-electron chi connectivity index (χ2n) is 2.57. The van der Waals surface area contributed by atoms with E-state index < -0.39 is 0 Å². The molecule has 0 saturated heterocycles. The van der Waals surface area contributed by atoms with E-state index in [2.05, 4.69) is 20.9 Å². The van der Waals surface area contributed by atoms with Crippen LogP contribution in [0.25, 0.3) is 10.9 Å². The molecular weight excluding hydrogens is 216 g/mol. The molecule has 12 heavy (non-hydrogen) atoms. The summed E-state index contributed by atoms with van der Waals surface area (Å²) in [5.41, 5.74) is 7.28. The largest absolute Gasteiger partial charge is 0.399 e. The summed E-state index contributed by atoms with van der Waals surface area (Å²) in [5, 5.41) is 1.09. The Hall–Kier alpha value is -1.09. The van der Waals surface area contributed by atoms with Crippen molar-refractivity contribution in [2.75, 3.05) is 5.73 Å². The minimum Gasteiger partial charge on any atom is -0.399 e. The molecule has 0 unspecified atom stereocenters. The van der Waals surface area contributed by atoms with E-state index in [1.807, 2.05) is 24.3 Å². The van der Waals surface area contributed by atoms with Gasteiger partial charge in [-0.1, -0.05) is 15.9 Å². The molecule has 0 spiro atoms. The summed E-state index contributed by atoms with van der Waals surface area (Å²) in [7, 11) is 0. The van der Waals surface area contributed by atoms with Crippen LogP contribution in [0.5, 0.6) is 0 Å². The average Bonchev–Trinajstić information content (AvgIpc) is 2.04. The van der Waals surface area contributed by atoms with Crippen LogP contribution in [-0.4, -0.2) is 4.98 Å². The number of nitrogens with two attached hydrogens (primary N) is 1. The highest BCUT2D eigenvalue weighted by atomic mass is 79.9. The first kappa shape index (κ1) is 7.55. The van der Waals surface area contributed by atoms with E-state index in [1.165, 1.54) is 0 Å². The van der Waals surface area contributed by atoms with E-state index >= 15 is 0 Å². The number of aromatic nitrogens is 1. The number of anilines is 1. The summed E-state index contributed by atoms with van der Waals surface area (Å²) in [6, 6.07) is 7.61.